The van der Waals surface area contributed by atoms with Crippen LogP contribution < -0.4 is 10.1 Å². The second kappa shape index (κ2) is 8.41. The molecule has 2 aliphatic rings. The molecule has 2 fully saturated rings. The van der Waals surface area contributed by atoms with Crippen LogP contribution in [0.5, 0.6) is 11.5 Å². The lowest BCUT2D eigenvalue weighted by Crippen LogP contribution is -2.60. The van der Waals surface area contributed by atoms with Crippen LogP contribution in [0, 0.1) is 0 Å². The Labute approximate surface area is 159 Å². The molecule has 2 aromatic carbocycles. The lowest BCUT2D eigenvalue weighted by Gasteiger charge is -2.43. The lowest BCUT2D eigenvalue weighted by molar-refractivity contribution is -0.0365. The molecule has 0 radical (unpaired) electrons. The number of nitrogens with zero attached hydrogens (tertiary/aromatic N) is 2. The smallest absolute Gasteiger partial charge is 0.317 e. The second-order valence-electron chi connectivity index (χ2n) is 6.93. The Morgan fingerprint density at radius 1 is 1.04 bits per heavy atom. The fourth-order valence-corrected chi connectivity index (χ4v) is 3.52. The molecule has 2 aliphatic heterocycles. The van der Waals surface area contributed by atoms with Crippen molar-refractivity contribution in [2.75, 3.05) is 39.4 Å². The first-order valence-corrected chi connectivity index (χ1v) is 9.44. The zero-order valence-corrected chi connectivity index (χ0v) is 15.3. The van der Waals surface area contributed by atoms with Crippen LogP contribution in [0.15, 0.2) is 54.6 Å². The molecule has 6 nitrogen and oxygen atoms in total. The van der Waals surface area contributed by atoms with E-state index in [0.29, 0.717) is 19.2 Å². The van der Waals surface area contributed by atoms with Crippen LogP contribution in [0.25, 0.3) is 0 Å². The summed E-state index contributed by atoms with van der Waals surface area (Å²) in [5.41, 5.74) is 1.04. The highest BCUT2D eigenvalue weighted by atomic mass is 16.5. The van der Waals surface area contributed by atoms with Crippen LogP contribution in [0.3, 0.4) is 0 Å². The number of para-hydroxylation sites is 1. The van der Waals surface area contributed by atoms with Crippen molar-refractivity contribution in [2.24, 2.45) is 0 Å². The molecule has 0 aromatic heterocycles. The fourth-order valence-electron chi connectivity index (χ4n) is 3.52. The predicted molar refractivity (Wildman–Crippen MR) is 103 cm³/mol. The number of carbonyl (C=O) groups is 1. The van der Waals surface area contributed by atoms with Crippen LogP contribution in [0.1, 0.15) is 5.56 Å². The Morgan fingerprint density at radius 2 is 1.81 bits per heavy atom. The molecule has 0 aliphatic carbocycles. The van der Waals surface area contributed by atoms with E-state index >= 15 is 0 Å². The van der Waals surface area contributed by atoms with Crippen molar-refractivity contribution in [3.63, 3.8) is 0 Å². The highest BCUT2D eigenvalue weighted by Crippen LogP contribution is 2.21. The molecule has 1 N–H and O–H groups in total. The van der Waals surface area contributed by atoms with Gasteiger partial charge in [0.05, 0.1) is 19.3 Å². The SMILES string of the molecule is O=C(NCc1ccc(Oc2ccccc2)cc1)N1CCN2CCOCC2C1. The van der Waals surface area contributed by atoms with Gasteiger partial charge < -0.3 is 19.7 Å². The van der Waals surface area contributed by atoms with Gasteiger partial charge in [-0.2, -0.15) is 0 Å². The molecule has 2 heterocycles. The highest BCUT2D eigenvalue weighted by Gasteiger charge is 2.31. The van der Waals surface area contributed by atoms with Gasteiger partial charge in [-0.3, -0.25) is 4.90 Å². The number of carbonyl (C=O) groups excluding carboxylic acids is 1. The maximum absolute atomic E-state index is 12.5. The second-order valence-corrected chi connectivity index (χ2v) is 6.93. The lowest BCUT2D eigenvalue weighted by atomic mass is 10.1. The largest absolute Gasteiger partial charge is 0.457 e. The Morgan fingerprint density at radius 3 is 2.63 bits per heavy atom. The summed E-state index contributed by atoms with van der Waals surface area (Å²) in [4.78, 5) is 16.8. The Kier molecular flexibility index (Phi) is 5.55. The molecule has 1 unspecified atom stereocenters. The first-order chi connectivity index (χ1) is 13.3. The molecule has 27 heavy (non-hydrogen) atoms. The van der Waals surface area contributed by atoms with Gasteiger partial charge in [0.1, 0.15) is 11.5 Å². The third kappa shape index (κ3) is 4.59. The summed E-state index contributed by atoms with van der Waals surface area (Å²) in [7, 11) is 0. The number of piperazine rings is 1. The maximum Gasteiger partial charge on any atom is 0.317 e. The number of amides is 2. The summed E-state index contributed by atoms with van der Waals surface area (Å²) < 4.78 is 11.3. The first kappa shape index (κ1) is 17.8. The van der Waals surface area contributed by atoms with Crippen molar-refractivity contribution in [1.29, 1.82) is 0 Å². The third-order valence-corrected chi connectivity index (χ3v) is 5.07. The van der Waals surface area contributed by atoms with Crippen LogP contribution in [-0.4, -0.2) is 61.3 Å². The number of morpholine rings is 1. The minimum atomic E-state index is -0.00941. The number of fused-ring (bicyclic) bond motifs is 1. The summed E-state index contributed by atoms with van der Waals surface area (Å²) in [5.74, 6) is 1.59. The van der Waals surface area contributed by atoms with Gasteiger partial charge in [0, 0.05) is 32.7 Å². The molecule has 0 saturated carbocycles. The first-order valence-electron chi connectivity index (χ1n) is 9.44. The van der Waals surface area contributed by atoms with E-state index in [2.05, 4.69) is 10.2 Å². The van der Waals surface area contributed by atoms with Gasteiger partial charge in [0.25, 0.3) is 0 Å². The van der Waals surface area contributed by atoms with Crippen LogP contribution >= 0.6 is 0 Å². The van der Waals surface area contributed by atoms with Crippen molar-refractivity contribution in [3.8, 4) is 11.5 Å². The van der Waals surface area contributed by atoms with E-state index in [1.165, 1.54) is 0 Å². The van der Waals surface area contributed by atoms with Crippen molar-refractivity contribution < 1.29 is 14.3 Å². The van der Waals surface area contributed by atoms with E-state index in [1.54, 1.807) is 0 Å². The van der Waals surface area contributed by atoms with Gasteiger partial charge in [-0.1, -0.05) is 30.3 Å². The molecular formula is C21H25N3O3. The zero-order valence-electron chi connectivity index (χ0n) is 15.3. The number of hydrogen-bond donors (Lipinski definition) is 1. The Bertz CT molecular complexity index is 751. The van der Waals surface area contributed by atoms with E-state index in [0.717, 1.165) is 49.8 Å². The standard InChI is InChI=1S/C21H25N3O3/c25-21(24-11-10-23-12-13-26-16-18(23)15-24)22-14-17-6-8-20(9-7-17)27-19-4-2-1-3-5-19/h1-9,18H,10-16H2,(H,22,25). The van der Waals surface area contributed by atoms with Crippen LogP contribution in [-0.2, 0) is 11.3 Å². The quantitative estimate of drug-likeness (QED) is 0.903. The summed E-state index contributed by atoms with van der Waals surface area (Å²) in [6.45, 7) is 5.41. The molecule has 2 saturated heterocycles. The molecule has 142 valence electrons. The van der Waals surface area contributed by atoms with E-state index in [9.17, 15) is 4.79 Å². The van der Waals surface area contributed by atoms with Gasteiger partial charge >= 0.3 is 6.03 Å². The van der Waals surface area contributed by atoms with Crippen LogP contribution in [0.4, 0.5) is 4.79 Å². The molecule has 0 bridgehead atoms. The third-order valence-electron chi connectivity index (χ3n) is 5.07. The molecule has 4 rings (SSSR count). The van der Waals surface area contributed by atoms with Crippen molar-refractivity contribution >= 4 is 6.03 Å². The summed E-state index contributed by atoms with van der Waals surface area (Å²) in [5, 5.41) is 3.02. The van der Waals surface area contributed by atoms with Gasteiger partial charge in [-0.15, -0.1) is 0 Å². The number of benzene rings is 2. The van der Waals surface area contributed by atoms with E-state index in [-0.39, 0.29) is 6.03 Å². The topological polar surface area (TPSA) is 54.0 Å². The Balaban J connectivity index is 1.26. The summed E-state index contributed by atoms with van der Waals surface area (Å²) in [6, 6.07) is 17.8. The molecule has 1 atom stereocenters. The molecule has 2 amide bonds. The highest BCUT2D eigenvalue weighted by molar-refractivity contribution is 5.74. The van der Waals surface area contributed by atoms with Crippen molar-refractivity contribution in [1.82, 2.24) is 15.1 Å². The van der Waals surface area contributed by atoms with Crippen molar-refractivity contribution in [2.45, 2.75) is 12.6 Å². The summed E-state index contributed by atoms with van der Waals surface area (Å²) in [6.07, 6.45) is 0. The average Bonchev–Trinajstić information content (AvgIpc) is 2.73. The Hall–Kier alpha value is -2.57. The number of hydrogen-bond acceptors (Lipinski definition) is 4. The zero-order chi connectivity index (χ0) is 18.5. The van der Waals surface area contributed by atoms with E-state index in [1.807, 2.05) is 59.5 Å². The number of ether oxygens (including phenoxy) is 2. The molecule has 2 aromatic rings. The number of rotatable bonds is 4. The van der Waals surface area contributed by atoms with Gasteiger partial charge in [-0.25, -0.2) is 4.79 Å². The minimum absolute atomic E-state index is 0.00941. The van der Waals surface area contributed by atoms with Gasteiger partial charge in [-0.05, 0) is 29.8 Å². The van der Waals surface area contributed by atoms with Gasteiger partial charge in [0.15, 0.2) is 0 Å². The van der Waals surface area contributed by atoms with Crippen molar-refractivity contribution in [3.05, 3.63) is 60.2 Å². The van der Waals surface area contributed by atoms with Crippen LogP contribution in [0.2, 0.25) is 0 Å². The molecule has 6 heteroatoms. The predicted octanol–water partition coefficient (Wildman–Crippen LogP) is 2.70. The fraction of sp³-hybridized carbons (Fsp3) is 0.381. The normalized spacial score (nSPS) is 20.0. The van der Waals surface area contributed by atoms with E-state index in [4.69, 9.17) is 9.47 Å². The number of urea groups is 1. The monoisotopic (exact) mass is 367 g/mol. The maximum atomic E-state index is 12.5. The number of nitrogens with one attached hydrogen (secondary N) is 1. The summed E-state index contributed by atoms with van der Waals surface area (Å²) >= 11 is 0. The molecule has 0 spiro atoms. The van der Waals surface area contributed by atoms with E-state index < -0.39 is 0 Å². The minimum Gasteiger partial charge on any atom is -0.457 e. The average molecular weight is 367 g/mol. The molecular weight excluding hydrogens is 342 g/mol. The van der Waals surface area contributed by atoms with Gasteiger partial charge in [0.2, 0.25) is 0 Å².